The number of hydrogen-bond donors (Lipinski definition) is 1. The third kappa shape index (κ3) is 4.46. The van der Waals surface area contributed by atoms with Gasteiger partial charge in [0, 0.05) is 0 Å². The summed E-state index contributed by atoms with van der Waals surface area (Å²) in [4.78, 5) is 0. The predicted octanol–water partition coefficient (Wildman–Crippen LogP) is 0.486. The molecule has 5 heavy (non-hydrogen) atoms. The van der Waals surface area contributed by atoms with E-state index in [1.54, 1.807) is 6.26 Å². The third-order valence-corrected chi connectivity index (χ3v) is 1.28. The van der Waals surface area contributed by atoms with Crippen LogP contribution in [0.4, 0.5) is 0 Å². The van der Waals surface area contributed by atoms with E-state index in [0.717, 1.165) is 10.8 Å². The molecule has 0 amide bonds. The molecule has 0 aromatic rings. The lowest BCUT2D eigenvalue weighted by Gasteiger charge is -1.72. The second-order valence-corrected chi connectivity index (χ2v) is 3.01. The Labute approximate surface area is 36.6 Å². The van der Waals surface area contributed by atoms with Crippen LogP contribution in [-0.2, 0) is 10.1 Å². The van der Waals surface area contributed by atoms with Crippen molar-refractivity contribution < 1.29 is 8.76 Å². The first-order chi connectivity index (χ1) is 2.27. The van der Waals surface area contributed by atoms with Gasteiger partial charge >= 0.3 is 0 Å². The SMILES string of the molecule is CSS(=O)O. The summed E-state index contributed by atoms with van der Waals surface area (Å²) < 4.78 is 17.2. The summed E-state index contributed by atoms with van der Waals surface area (Å²) in [6, 6.07) is 0. The van der Waals surface area contributed by atoms with Crippen LogP contribution in [0.5, 0.6) is 0 Å². The fraction of sp³-hybridized carbons (Fsp3) is 1.00. The fourth-order valence-corrected chi connectivity index (χ4v) is 0. The second kappa shape index (κ2) is 2.68. The molecule has 0 aliphatic rings. The van der Waals surface area contributed by atoms with E-state index in [4.69, 9.17) is 4.55 Å². The summed E-state index contributed by atoms with van der Waals surface area (Å²) >= 11 is 0. The van der Waals surface area contributed by atoms with Gasteiger partial charge in [-0.3, -0.25) is 4.55 Å². The van der Waals surface area contributed by atoms with Crippen LogP contribution < -0.4 is 0 Å². The predicted molar refractivity (Wildman–Crippen MR) is 24.3 cm³/mol. The van der Waals surface area contributed by atoms with Crippen molar-refractivity contribution >= 4 is 20.9 Å². The molecule has 0 aromatic carbocycles. The van der Waals surface area contributed by atoms with Gasteiger partial charge in [0.05, 0.1) is 0 Å². The molecule has 0 heterocycles. The zero-order chi connectivity index (χ0) is 4.28. The minimum atomic E-state index is -1.66. The van der Waals surface area contributed by atoms with E-state index >= 15 is 0 Å². The standard InChI is InChI=1S/CH4O2S2/c1-4-5(2)3/h1H3,(H,2,3). The van der Waals surface area contributed by atoms with Crippen molar-refractivity contribution in [3.63, 3.8) is 0 Å². The Morgan fingerprint density at radius 2 is 2.20 bits per heavy atom. The molecule has 0 aromatic heterocycles. The zero-order valence-corrected chi connectivity index (χ0v) is 4.30. The summed E-state index contributed by atoms with van der Waals surface area (Å²) in [5.74, 6) is 0. The van der Waals surface area contributed by atoms with E-state index in [1.165, 1.54) is 0 Å². The lowest BCUT2D eigenvalue weighted by Crippen LogP contribution is -1.69. The normalized spacial score (nSPS) is 14.8. The monoisotopic (exact) mass is 112 g/mol. The van der Waals surface area contributed by atoms with E-state index in [2.05, 4.69) is 0 Å². The first-order valence-electron chi connectivity index (χ1n) is 0.924. The Kier molecular flexibility index (Phi) is 2.93. The Balaban J connectivity index is 2.85. The first-order valence-corrected chi connectivity index (χ1v) is 3.77. The molecular formula is CH4O2S2. The molecule has 4 heteroatoms. The van der Waals surface area contributed by atoms with Crippen LogP contribution >= 0.6 is 10.8 Å². The van der Waals surface area contributed by atoms with Gasteiger partial charge < -0.3 is 0 Å². The summed E-state index contributed by atoms with van der Waals surface area (Å²) in [6.45, 7) is 0. The van der Waals surface area contributed by atoms with Crippen LogP contribution in [-0.4, -0.2) is 15.0 Å². The van der Waals surface area contributed by atoms with Gasteiger partial charge in [-0.2, -0.15) is 0 Å². The highest BCUT2D eigenvalue weighted by Gasteiger charge is 1.77. The quantitative estimate of drug-likeness (QED) is 0.396. The van der Waals surface area contributed by atoms with Crippen molar-refractivity contribution in [2.45, 2.75) is 0 Å². The van der Waals surface area contributed by atoms with E-state index in [9.17, 15) is 4.21 Å². The van der Waals surface area contributed by atoms with E-state index in [0.29, 0.717) is 0 Å². The number of rotatable bonds is 1. The second-order valence-electron chi connectivity index (χ2n) is 0.384. The van der Waals surface area contributed by atoms with Crippen LogP contribution in [0.25, 0.3) is 0 Å². The van der Waals surface area contributed by atoms with Crippen molar-refractivity contribution in [1.82, 2.24) is 0 Å². The highest BCUT2D eigenvalue weighted by atomic mass is 33.1. The van der Waals surface area contributed by atoms with Crippen molar-refractivity contribution in [2.75, 3.05) is 6.26 Å². The summed E-state index contributed by atoms with van der Waals surface area (Å²) in [5, 5.41) is 0. The molecule has 1 atom stereocenters. The Morgan fingerprint density at radius 3 is 2.20 bits per heavy atom. The van der Waals surface area contributed by atoms with Gasteiger partial charge in [0.25, 0.3) is 0 Å². The maximum Gasteiger partial charge on any atom is 0.216 e. The molecule has 1 unspecified atom stereocenters. The van der Waals surface area contributed by atoms with Crippen LogP contribution in [0.15, 0.2) is 0 Å². The molecular weight excluding hydrogens is 108 g/mol. The Morgan fingerprint density at radius 1 is 2.00 bits per heavy atom. The van der Waals surface area contributed by atoms with Gasteiger partial charge in [-0.05, 0) is 17.0 Å². The van der Waals surface area contributed by atoms with Gasteiger partial charge in [0.1, 0.15) is 0 Å². The smallest absolute Gasteiger partial charge is 0.216 e. The maximum absolute atomic E-state index is 9.44. The largest absolute Gasteiger partial charge is 0.298 e. The topological polar surface area (TPSA) is 37.3 Å². The average Bonchev–Trinajstić information content (AvgIpc) is 1.38. The highest BCUT2D eigenvalue weighted by molar-refractivity contribution is 8.66. The minimum absolute atomic E-state index is 0.907. The summed E-state index contributed by atoms with van der Waals surface area (Å²) in [5.41, 5.74) is 0. The molecule has 32 valence electrons. The van der Waals surface area contributed by atoms with Crippen molar-refractivity contribution in [3.05, 3.63) is 0 Å². The molecule has 0 bridgehead atoms. The van der Waals surface area contributed by atoms with Gasteiger partial charge in [-0.25, -0.2) is 4.21 Å². The highest BCUT2D eigenvalue weighted by Crippen LogP contribution is 1.92. The molecule has 0 radical (unpaired) electrons. The average molecular weight is 112 g/mol. The molecule has 0 spiro atoms. The summed E-state index contributed by atoms with van der Waals surface area (Å²) in [6.07, 6.45) is 1.57. The van der Waals surface area contributed by atoms with Crippen LogP contribution in [0.2, 0.25) is 0 Å². The van der Waals surface area contributed by atoms with Gasteiger partial charge in [-0.1, -0.05) is 0 Å². The maximum atomic E-state index is 9.44. The minimum Gasteiger partial charge on any atom is -0.298 e. The molecule has 0 rings (SSSR count). The van der Waals surface area contributed by atoms with Gasteiger partial charge in [0.15, 0.2) is 0 Å². The Hall–Kier alpha value is 0.460. The third-order valence-electron chi connectivity index (χ3n) is 0.143. The van der Waals surface area contributed by atoms with E-state index in [1.807, 2.05) is 0 Å². The lowest BCUT2D eigenvalue weighted by atomic mass is 12.0. The van der Waals surface area contributed by atoms with Crippen molar-refractivity contribution in [3.8, 4) is 0 Å². The van der Waals surface area contributed by atoms with E-state index < -0.39 is 10.1 Å². The van der Waals surface area contributed by atoms with Gasteiger partial charge in [-0.15, -0.1) is 0 Å². The van der Waals surface area contributed by atoms with Crippen molar-refractivity contribution in [2.24, 2.45) is 0 Å². The van der Waals surface area contributed by atoms with Crippen LogP contribution in [0.1, 0.15) is 0 Å². The molecule has 0 saturated carbocycles. The first kappa shape index (κ1) is 5.46. The summed E-state index contributed by atoms with van der Waals surface area (Å²) in [7, 11) is -0.748. The Bertz CT molecular complexity index is 42.9. The van der Waals surface area contributed by atoms with Crippen molar-refractivity contribution in [1.29, 1.82) is 0 Å². The van der Waals surface area contributed by atoms with Gasteiger partial charge in [0.2, 0.25) is 10.1 Å². The van der Waals surface area contributed by atoms with Crippen LogP contribution in [0.3, 0.4) is 0 Å². The fourth-order valence-electron chi connectivity index (χ4n) is 0. The van der Waals surface area contributed by atoms with Crippen LogP contribution in [0, 0.1) is 0 Å². The molecule has 0 fully saturated rings. The molecule has 0 saturated heterocycles. The molecule has 1 N–H and O–H groups in total. The molecule has 0 aliphatic heterocycles. The number of hydrogen-bond acceptors (Lipinski definition) is 2. The zero-order valence-electron chi connectivity index (χ0n) is 2.67. The van der Waals surface area contributed by atoms with E-state index in [-0.39, 0.29) is 0 Å². The molecule has 2 nitrogen and oxygen atoms in total. The molecule has 0 aliphatic carbocycles. The lowest BCUT2D eigenvalue weighted by molar-refractivity contribution is 0.581.